The van der Waals surface area contributed by atoms with Gasteiger partial charge in [0.25, 0.3) is 5.89 Å². The first kappa shape index (κ1) is 12.1. The third-order valence-electron chi connectivity index (χ3n) is 2.64. The zero-order chi connectivity index (χ0) is 14.3. The van der Waals surface area contributed by atoms with Crippen LogP contribution in [-0.4, -0.2) is 35.4 Å². The van der Waals surface area contributed by atoms with Gasteiger partial charge in [-0.15, -0.1) is 5.10 Å². The zero-order valence-electron chi connectivity index (χ0n) is 10.3. The molecule has 0 fully saturated rings. The summed E-state index contributed by atoms with van der Waals surface area (Å²) in [6.07, 6.45) is 1.48. The van der Waals surface area contributed by atoms with Crippen molar-refractivity contribution in [1.29, 1.82) is 0 Å². The predicted octanol–water partition coefficient (Wildman–Crippen LogP) is -0.0610. The molecule has 1 N–H and O–H groups in total. The highest BCUT2D eigenvalue weighted by Crippen LogP contribution is 2.17. The Hall–Kier alpha value is -2.97. The molecular weight excluding hydrogens is 266 g/mol. The molecule has 0 aliphatic rings. The summed E-state index contributed by atoms with van der Waals surface area (Å²) in [6.45, 7) is 1.20. The highest BCUT2D eigenvalue weighted by molar-refractivity contribution is 5.66. The summed E-state index contributed by atoms with van der Waals surface area (Å²) in [4.78, 5) is 26.6. The van der Waals surface area contributed by atoms with E-state index in [1.807, 2.05) is 0 Å². The molecule has 3 aromatic rings. The number of hydrogen-bond acceptors (Lipinski definition) is 6. The topological polar surface area (TPSA) is 116 Å². The van der Waals surface area contributed by atoms with Gasteiger partial charge < -0.3 is 9.63 Å². The van der Waals surface area contributed by atoms with Crippen LogP contribution in [0.3, 0.4) is 0 Å². The maximum Gasteiger partial charge on any atom is 0.350 e. The lowest BCUT2D eigenvalue weighted by Gasteiger charge is -1.94. The van der Waals surface area contributed by atoms with Gasteiger partial charge in [-0.3, -0.25) is 9.20 Å². The molecule has 0 aliphatic carbocycles. The number of aromatic nitrogens is 5. The van der Waals surface area contributed by atoms with E-state index in [0.29, 0.717) is 22.9 Å². The van der Waals surface area contributed by atoms with Crippen molar-refractivity contribution in [3.8, 4) is 11.5 Å². The number of carbonyl (C=O) groups is 1. The Morgan fingerprint density at radius 3 is 2.95 bits per heavy atom. The van der Waals surface area contributed by atoms with Gasteiger partial charge in [0.2, 0.25) is 0 Å². The summed E-state index contributed by atoms with van der Waals surface area (Å²) in [5, 5.41) is 16.3. The molecule has 0 aromatic carbocycles. The molecule has 9 heteroatoms. The number of hydrogen-bond donors (Lipinski definition) is 1. The summed E-state index contributed by atoms with van der Waals surface area (Å²) < 4.78 is 7.14. The Bertz CT molecular complexity index is 859. The first-order valence-corrected chi connectivity index (χ1v) is 5.66. The van der Waals surface area contributed by atoms with Crippen LogP contribution in [0, 0.1) is 6.92 Å². The second kappa shape index (κ2) is 4.30. The minimum Gasteiger partial charge on any atom is -0.480 e. The number of carboxylic acids is 1. The molecule has 0 spiro atoms. The third-order valence-corrected chi connectivity index (χ3v) is 2.64. The smallest absolute Gasteiger partial charge is 0.350 e. The van der Waals surface area contributed by atoms with E-state index in [1.165, 1.54) is 10.6 Å². The monoisotopic (exact) mass is 275 g/mol. The second-order valence-corrected chi connectivity index (χ2v) is 4.12. The van der Waals surface area contributed by atoms with Crippen LogP contribution in [0.4, 0.5) is 0 Å². The predicted molar refractivity (Wildman–Crippen MR) is 65.1 cm³/mol. The number of pyridine rings is 1. The molecule has 0 saturated carbocycles. The van der Waals surface area contributed by atoms with Crippen LogP contribution in [0.25, 0.3) is 17.1 Å². The molecule has 0 aliphatic heterocycles. The van der Waals surface area contributed by atoms with E-state index in [1.54, 1.807) is 19.1 Å². The fourth-order valence-corrected chi connectivity index (χ4v) is 1.80. The van der Waals surface area contributed by atoms with Gasteiger partial charge in [0, 0.05) is 11.8 Å². The van der Waals surface area contributed by atoms with Crippen molar-refractivity contribution in [3.63, 3.8) is 0 Å². The molecule has 3 rings (SSSR count). The van der Waals surface area contributed by atoms with Gasteiger partial charge in [0.1, 0.15) is 6.54 Å². The molecule has 0 bridgehead atoms. The van der Waals surface area contributed by atoms with Crippen molar-refractivity contribution in [2.24, 2.45) is 0 Å². The van der Waals surface area contributed by atoms with Crippen molar-refractivity contribution in [3.05, 3.63) is 34.6 Å². The molecule has 3 aromatic heterocycles. The van der Waals surface area contributed by atoms with E-state index in [9.17, 15) is 9.59 Å². The number of carboxylic acid groups (broad SMARTS) is 1. The highest BCUT2D eigenvalue weighted by Gasteiger charge is 2.12. The first-order chi connectivity index (χ1) is 9.54. The number of aliphatic carboxylic acids is 1. The van der Waals surface area contributed by atoms with E-state index in [4.69, 9.17) is 9.63 Å². The molecule has 9 nitrogen and oxygen atoms in total. The highest BCUT2D eigenvalue weighted by atomic mass is 16.5. The van der Waals surface area contributed by atoms with E-state index in [-0.39, 0.29) is 0 Å². The summed E-state index contributed by atoms with van der Waals surface area (Å²) in [6, 6.07) is 3.20. The quantitative estimate of drug-likeness (QED) is 0.711. The molecule has 0 unspecified atom stereocenters. The minimum atomic E-state index is -1.14. The molecule has 20 heavy (non-hydrogen) atoms. The van der Waals surface area contributed by atoms with Crippen LogP contribution >= 0.6 is 0 Å². The van der Waals surface area contributed by atoms with Crippen LogP contribution in [0.15, 0.2) is 27.6 Å². The van der Waals surface area contributed by atoms with Crippen LogP contribution in [0.2, 0.25) is 0 Å². The SMILES string of the molecule is Cc1noc(-c2ccn3c(=O)n(CC(=O)O)nc3c2)n1. The molecule has 0 saturated heterocycles. The van der Waals surface area contributed by atoms with Crippen LogP contribution < -0.4 is 5.69 Å². The summed E-state index contributed by atoms with van der Waals surface area (Å²) in [5.74, 6) is -0.331. The number of fused-ring (bicyclic) bond motifs is 1. The van der Waals surface area contributed by atoms with E-state index >= 15 is 0 Å². The van der Waals surface area contributed by atoms with Crippen LogP contribution in [0.1, 0.15) is 5.82 Å². The normalized spacial score (nSPS) is 11.1. The van der Waals surface area contributed by atoms with Gasteiger partial charge in [-0.25, -0.2) is 9.48 Å². The van der Waals surface area contributed by atoms with E-state index < -0.39 is 18.2 Å². The average molecular weight is 275 g/mol. The van der Waals surface area contributed by atoms with Gasteiger partial charge in [-0.05, 0) is 19.1 Å². The van der Waals surface area contributed by atoms with Gasteiger partial charge >= 0.3 is 11.7 Å². The molecule has 0 amide bonds. The van der Waals surface area contributed by atoms with E-state index in [0.717, 1.165) is 4.68 Å². The van der Waals surface area contributed by atoms with Gasteiger partial charge in [-0.2, -0.15) is 4.98 Å². The Morgan fingerprint density at radius 2 is 2.30 bits per heavy atom. The van der Waals surface area contributed by atoms with Gasteiger partial charge in [0.15, 0.2) is 11.5 Å². The van der Waals surface area contributed by atoms with Crippen molar-refractivity contribution in [2.75, 3.05) is 0 Å². The van der Waals surface area contributed by atoms with Gasteiger partial charge in [0.05, 0.1) is 0 Å². The third kappa shape index (κ3) is 1.94. The van der Waals surface area contributed by atoms with Crippen LogP contribution in [-0.2, 0) is 11.3 Å². The van der Waals surface area contributed by atoms with Crippen molar-refractivity contribution >= 4 is 11.6 Å². The number of nitrogens with zero attached hydrogens (tertiary/aromatic N) is 5. The summed E-state index contributed by atoms with van der Waals surface area (Å²) >= 11 is 0. The Kier molecular flexibility index (Phi) is 2.60. The number of aryl methyl sites for hydroxylation is 1. The Morgan fingerprint density at radius 1 is 1.50 bits per heavy atom. The lowest BCUT2D eigenvalue weighted by Crippen LogP contribution is -2.24. The fourth-order valence-electron chi connectivity index (χ4n) is 1.80. The van der Waals surface area contributed by atoms with Crippen molar-refractivity contribution in [1.82, 2.24) is 24.3 Å². The second-order valence-electron chi connectivity index (χ2n) is 4.12. The Labute approximate surface area is 111 Å². The Balaban J connectivity index is 2.12. The zero-order valence-corrected chi connectivity index (χ0v) is 10.3. The lowest BCUT2D eigenvalue weighted by molar-refractivity contribution is -0.137. The molecule has 3 heterocycles. The van der Waals surface area contributed by atoms with Crippen molar-refractivity contribution in [2.45, 2.75) is 13.5 Å². The van der Waals surface area contributed by atoms with Crippen molar-refractivity contribution < 1.29 is 14.4 Å². The summed E-state index contributed by atoms with van der Waals surface area (Å²) in [7, 11) is 0. The number of rotatable bonds is 3. The summed E-state index contributed by atoms with van der Waals surface area (Å²) in [5.41, 5.74) is 0.394. The molecule has 0 radical (unpaired) electrons. The maximum absolute atomic E-state index is 11.9. The maximum atomic E-state index is 11.9. The van der Waals surface area contributed by atoms with E-state index in [2.05, 4.69) is 15.2 Å². The standard InChI is InChI=1S/C11H9N5O4/c1-6-12-10(20-14-6)7-2-3-15-8(4-7)13-16(11(15)19)5-9(17)18/h2-4H,5H2,1H3,(H,17,18). The van der Waals surface area contributed by atoms with Crippen LogP contribution in [0.5, 0.6) is 0 Å². The first-order valence-electron chi connectivity index (χ1n) is 5.66. The van der Waals surface area contributed by atoms with Gasteiger partial charge in [-0.1, -0.05) is 5.16 Å². The lowest BCUT2D eigenvalue weighted by atomic mass is 10.2. The largest absolute Gasteiger partial charge is 0.480 e. The average Bonchev–Trinajstić information content (AvgIpc) is 2.94. The molecule has 0 atom stereocenters. The fraction of sp³-hybridized carbons (Fsp3) is 0.182. The molecular formula is C11H9N5O4. The molecule has 102 valence electrons. The minimum absolute atomic E-state index is 0.310.